The number of benzene rings is 1. The second-order valence-electron chi connectivity index (χ2n) is 9.36. The molecule has 2 unspecified atom stereocenters. The van der Waals surface area contributed by atoms with Gasteiger partial charge in [-0.3, -0.25) is 9.59 Å². The number of hydrogen-bond acceptors (Lipinski definition) is 5. The van der Waals surface area contributed by atoms with Gasteiger partial charge in [-0.2, -0.15) is 18.3 Å². The minimum absolute atomic E-state index is 0.00175. The van der Waals surface area contributed by atoms with Gasteiger partial charge < -0.3 is 16.2 Å². The number of rotatable bonds is 4. The Morgan fingerprint density at radius 2 is 2.00 bits per heavy atom. The molecule has 1 amide bonds. The number of aromatic nitrogens is 2. The van der Waals surface area contributed by atoms with E-state index >= 15 is 0 Å². The van der Waals surface area contributed by atoms with Crippen LogP contribution >= 0.6 is 0 Å². The first-order chi connectivity index (χ1) is 14.9. The smallest absolute Gasteiger partial charge is 0.391 e. The lowest BCUT2D eigenvalue weighted by Gasteiger charge is -2.29. The summed E-state index contributed by atoms with van der Waals surface area (Å²) < 4.78 is 42.2. The van der Waals surface area contributed by atoms with Gasteiger partial charge in [-0.05, 0) is 49.3 Å². The minimum atomic E-state index is -4.78. The third-order valence-electron chi connectivity index (χ3n) is 6.15. The van der Waals surface area contributed by atoms with E-state index < -0.39 is 40.6 Å². The average molecular weight is 450 g/mol. The number of nitrogens with two attached hydrogens (primary N) is 1. The fourth-order valence-corrected chi connectivity index (χ4v) is 4.67. The molecule has 1 aromatic heterocycles. The van der Waals surface area contributed by atoms with Gasteiger partial charge in [-0.15, -0.1) is 0 Å². The van der Waals surface area contributed by atoms with Crippen molar-refractivity contribution in [3.05, 3.63) is 40.7 Å². The van der Waals surface area contributed by atoms with E-state index in [0.29, 0.717) is 18.5 Å². The van der Waals surface area contributed by atoms with E-state index in [1.165, 1.54) is 18.2 Å². The van der Waals surface area contributed by atoms with Crippen molar-refractivity contribution in [3.63, 3.8) is 0 Å². The zero-order chi connectivity index (χ0) is 23.4. The van der Waals surface area contributed by atoms with Crippen LogP contribution in [0.4, 0.5) is 18.9 Å². The van der Waals surface area contributed by atoms with Crippen LogP contribution in [0.3, 0.4) is 0 Å². The van der Waals surface area contributed by atoms with Gasteiger partial charge in [-0.1, -0.05) is 13.8 Å². The summed E-state index contributed by atoms with van der Waals surface area (Å²) in [6, 6.07) is 4.06. The average Bonchev–Trinajstić information content (AvgIpc) is 3.24. The van der Waals surface area contributed by atoms with Gasteiger partial charge in [0.25, 0.3) is 5.91 Å². The van der Waals surface area contributed by atoms with Crippen LogP contribution in [0.1, 0.15) is 71.6 Å². The molecule has 2 aliphatic carbocycles. The summed E-state index contributed by atoms with van der Waals surface area (Å²) in [7, 11) is 0. The molecule has 1 heterocycles. The summed E-state index contributed by atoms with van der Waals surface area (Å²) in [5.41, 5.74) is 4.28. The highest BCUT2D eigenvalue weighted by atomic mass is 19.4. The largest absolute Gasteiger partial charge is 0.435 e. The summed E-state index contributed by atoms with van der Waals surface area (Å²) in [4.78, 5) is 24.6. The number of halogens is 3. The standard InChI is InChI=1S/C22H25F3N4O3/c1-21(2)9-15-18(17(31)10-21)19(22(23,24)25)28-29(15)11-6-7-12(20(26)32)14(8-11)27-13-4-3-5-16(13)30/h6-8,13,16,27,30H,3-5,9-10H2,1-2H3,(H2,26,32). The molecule has 1 aromatic carbocycles. The van der Waals surface area contributed by atoms with Crippen molar-refractivity contribution in [3.8, 4) is 5.69 Å². The molecule has 0 aliphatic heterocycles. The van der Waals surface area contributed by atoms with E-state index in [1.807, 2.05) is 13.8 Å². The third-order valence-corrected chi connectivity index (χ3v) is 6.15. The fourth-order valence-electron chi connectivity index (χ4n) is 4.67. The molecule has 2 atom stereocenters. The van der Waals surface area contributed by atoms with Crippen LogP contribution in [0.15, 0.2) is 18.2 Å². The number of carbonyl (C=O) groups excluding carboxylic acids is 2. The topological polar surface area (TPSA) is 110 Å². The molecule has 172 valence electrons. The van der Waals surface area contributed by atoms with Gasteiger partial charge >= 0.3 is 6.18 Å². The number of fused-ring (bicyclic) bond motifs is 1. The molecule has 0 spiro atoms. The highest BCUT2D eigenvalue weighted by Crippen LogP contribution is 2.42. The van der Waals surface area contributed by atoms with E-state index in [2.05, 4.69) is 10.4 Å². The number of nitrogens with one attached hydrogen (secondary N) is 1. The van der Waals surface area contributed by atoms with Crippen LogP contribution in [0.5, 0.6) is 0 Å². The number of alkyl halides is 3. The zero-order valence-corrected chi connectivity index (χ0v) is 17.8. The molecular formula is C22H25F3N4O3. The van der Waals surface area contributed by atoms with Crippen molar-refractivity contribution in [1.29, 1.82) is 0 Å². The number of anilines is 1. The van der Waals surface area contributed by atoms with Crippen molar-refractivity contribution in [1.82, 2.24) is 9.78 Å². The van der Waals surface area contributed by atoms with Crippen molar-refractivity contribution >= 4 is 17.4 Å². The van der Waals surface area contributed by atoms with Crippen molar-refractivity contribution in [2.24, 2.45) is 11.1 Å². The van der Waals surface area contributed by atoms with Crippen LogP contribution in [0, 0.1) is 5.41 Å². The third kappa shape index (κ3) is 3.99. The van der Waals surface area contributed by atoms with Crippen LogP contribution in [0.25, 0.3) is 5.69 Å². The molecule has 7 nitrogen and oxygen atoms in total. The number of amides is 1. The first-order valence-corrected chi connectivity index (χ1v) is 10.5. The molecule has 2 aromatic rings. The van der Waals surface area contributed by atoms with Crippen LogP contribution < -0.4 is 11.1 Å². The van der Waals surface area contributed by atoms with Gasteiger partial charge in [-0.25, -0.2) is 4.68 Å². The Morgan fingerprint density at radius 1 is 1.28 bits per heavy atom. The number of carbonyl (C=O) groups is 2. The van der Waals surface area contributed by atoms with Crippen molar-refractivity contribution < 1.29 is 27.9 Å². The monoisotopic (exact) mass is 450 g/mol. The lowest BCUT2D eigenvalue weighted by atomic mass is 9.75. The molecule has 4 rings (SSSR count). The molecule has 1 saturated carbocycles. The number of Topliss-reactive ketones (excluding diaryl/α,β-unsaturated/α-hetero) is 1. The maximum absolute atomic E-state index is 13.7. The SMILES string of the molecule is CC1(C)CC(=O)c2c(C(F)(F)F)nn(-c3ccc(C(N)=O)c(NC4CCCC4O)c3)c2C1. The minimum Gasteiger partial charge on any atom is -0.391 e. The Hall–Kier alpha value is -2.88. The lowest BCUT2D eigenvalue weighted by molar-refractivity contribution is -0.141. The molecule has 1 fully saturated rings. The Kier molecular flexibility index (Phi) is 5.31. The Balaban J connectivity index is 1.86. The lowest BCUT2D eigenvalue weighted by Crippen LogP contribution is -2.30. The molecule has 0 saturated heterocycles. The Bertz CT molecular complexity index is 1090. The quantitative estimate of drug-likeness (QED) is 0.661. The Morgan fingerprint density at radius 3 is 2.59 bits per heavy atom. The molecule has 0 radical (unpaired) electrons. The number of aliphatic hydroxyl groups excluding tert-OH is 1. The molecular weight excluding hydrogens is 425 g/mol. The maximum atomic E-state index is 13.7. The summed E-state index contributed by atoms with van der Waals surface area (Å²) >= 11 is 0. The highest BCUT2D eigenvalue weighted by Gasteiger charge is 2.45. The predicted octanol–water partition coefficient (Wildman–Crippen LogP) is 3.47. The normalized spacial score (nSPS) is 22.6. The van der Waals surface area contributed by atoms with Crippen LogP contribution in [0.2, 0.25) is 0 Å². The summed E-state index contributed by atoms with van der Waals surface area (Å²) in [5.74, 6) is -1.29. The van der Waals surface area contributed by atoms with Gasteiger partial charge in [0.15, 0.2) is 11.5 Å². The molecule has 0 bridgehead atoms. The van der Waals surface area contributed by atoms with Crippen LogP contribution in [-0.4, -0.2) is 38.7 Å². The van der Waals surface area contributed by atoms with Crippen molar-refractivity contribution in [2.75, 3.05) is 5.32 Å². The summed E-state index contributed by atoms with van der Waals surface area (Å²) in [5, 5.41) is 17.0. The summed E-state index contributed by atoms with van der Waals surface area (Å²) in [6.45, 7) is 3.65. The molecule has 2 aliphatic rings. The number of hydrogen-bond donors (Lipinski definition) is 3. The highest BCUT2D eigenvalue weighted by molar-refractivity contribution is 6.00. The van der Waals surface area contributed by atoms with E-state index in [4.69, 9.17) is 5.73 Å². The van der Waals surface area contributed by atoms with Gasteiger partial charge in [0.1, 0.15) is 0 Å². The first-order valence-electron chi connectivity index (χ1n) is 10.5. The Labute approximate surface area is 182 Å². The maximum Gasteiger partial charge on any atom is 0.435 e. The zero-order valence-electron chi connectivity index (χ0n) is 17.8. The molecule has 4 N–H and O–H groups in total. The van der Waals surface area contributed by atoms with E-state index in [-0.39, 0.29) is 35.8 Å². The second-order valence-corrected chi connectivity index (χ2v) is 9.36. The van der Waals surface area contributed by atoms with E-state index in [9.17, 15) is 27.9 Å². The predicted molar refractivity (Wildman–Crippen MR) is 111 cm³/mol. The fraction of sp³-hybridized carbons (Fsp3) is 0.500. The van der Waals surface area contributed by atoms with Crippen LogP contribution in [-0.2, 0) is 12.6 Å². The second kappa shape index (κ2) is 7.61. The molecule has 32 heavy (non-hydrogen) atoms. The number of primary amides is 1. The number of ketones is 1. The van der Waals surface area contributed by atoms with Gasteiger partial charge in [0, 0.05) is 12.1 Å². The van der Waals surface area contributed by atoms with Gasteiger partial charge in [0.05, 0.1) is 34.7 Å². The van der Waals surface area contributed by atoms with E-state index in [0.717, 1.165) is 11.1 Å². The molecule has 10 heteroatoms. The van der Waals surface area contributed by atoms with Gasteiger partial charge in [0.2, 0.25) is 0 Å². The van der Waals surface area contributed by atoms with E-state index in [1.54, 1.807) is 0 Å². The number of nitrogens with zero attached hydrogens (tertiary/aromatic N) is 2. The number of aliphatic hydroxyl groups is 1. The first kappa shape index (κ1) is 22.3. The summed E-state index contributed by atoms with van der Waals surface area (Å²) in [6.07, 6.45) is -3.05. The van der Waals surface area contributed by atoms with Crippen molar-refractivity contribution in [2.45, 2.75) is 64.3 Å².